The number of sulfone groups is 1. The maximum atomic E-state index is 13.4. The van der Waals surface area contributed by atoms with Gasteiger partial charge in [-0.25, -0.2) is 12.8 Å². The maximum Gasteiger partial charge on any atom is 0.191 e. The summed E-state index contributed by atoms with van der Waals surface area (Å²) in [7, 11) is -1.51. The predicted octanol–water partition coefficient (Wildman–Crippen LogP) is 2.59. The van der Waals surface area contributed by atoms with Gasteiger partial charge in [0.25, 0.3) is 0 Å². The largest absolute Gasteiger partial charge is 0.379 e. The van der Waals surface area contributed by atoms with E-state index in [0.717, 1.165) is 24.2 Å². The number of hydrogen-bond donors (Lipinski definition) is 2. The Balaban J connectivity index is 0.00000363. The summed E-state index contributed by atoms with van der Waals surface area (Å²) in [6, 6.07) is 13.4. The molecule has 1 fully saturated rings. The first-order valence-corrected chi connectivity index (χ1v) is 12.1. The van der Waals surface area contributed by atoms with E-state index in [4.69, 9.17) is 4.74 Å². The van der Waals surface area contributed by atoms with Crippen molar-refractivity contribution in [2.24, 2.45) is 4.99 Å². The summed E-state index contributed by atoms with van der Waals surface area (Å²) >= 11 is 0. The highest BCUT2D eigenvalue weighted by Crippen LogP contribution is 2.21. The van der Waals surface area contributed by atoms with Crippen LogP contribution < -0.4 is 10.6 Å². The highest BCUT2D eigenvalue weighted by molar-refractivity contribution is 14.0. The monoisotopic (exact) mass is 576 g/mol. The van der Waals surface area contributed by atoms with Crippen LogP contribution in [-0.2, 0) is 21.1 Å². The Morgan fingerprint density at radius 3 is 2.28 bits per heavy atom. The molecule has 0 saturated carbocycles. The molecule has 0 amide bonds. The molecule has 2 N–H and O–H groups in total. The quantitative estimate of drug-likeness (QED) is 0.300. The van der Waals surface area contributed by atoms with Crippen molar-refractivity contribution < 1.29 is 17.5 Å². The van der Waals surface area contributed by atoms with Crippen LogP contribution in [0.3, 0.4) is 0 Å². The zero-order chi connectivity index (χ0) is 22.3. The van der Waals surface area contributed by atoms with Crippen LogP contribution >= 0.6 is 24.0 Å². The van der Waals surface area contributed by atoms with E-state index in [1.807, 2.05) is 12.1 Å². The van der Waals surface area contributed by atoms with Crippen LogP contribution in [0, 0.1) is 5.82 Å². The molecule has 0 spiro atoms. The molecule has 1 aliphatic rings. The van der Waals surface area contributed by atoms with Crippen molar-refractivity contribution in [1.82, 2.24) is 15.5 Å². The van der Waals surface area contributed by atoms with Crippen LogP contribution in [0.5, 0.6) is 0 Å². The molecular formula is C22H30FIN4O3S. The van der Waals surface area contributed by atoms with Gasteiger partial charge in [0.1, 0.15) is 5.82 Å². The third kappa shape index (κ3) is 7.68. The molecule has 1 unspecified atom stereocenters. The Labute approximate surface area is 206 Å². The number of hydrogen-bond acceptors (Lipinski definition) is 5. The summed E-state index contributed by atoms with van der Waals surface area (Å²) in [5.74, 6) is 0.379. The Morgan fingerprint density at radius 2 is 1.72 bits per heavy atom. The number of halogens is 2. The molecule has 0 aliphatic carbocycles. The number of benzene rings is 2. The molecule has 176 valence electrons. The SMILES string of the molecule is CN=C(NCc1ccc(S(C)(=O)=O)cc1)NCC(c1ccc(F)cc1)N1CCOCC1.I. The number of rotatable bonds is 7. The van der Waals surface area contributed by atoms with E-state index in [-0.39, 0.29) is 35.8 Å². The molecule has 1 aliphatic heterocycles. The zero-order valence-corrected chi connectivity index (χ0v) is 21.4. The fourth-order valence-corrected chi connectivity index (χ4v) is 4.12. The van der Waals surface area contributed by atoms with Crippen molar-refractivity contribution in [3.8, 4) is 0 Å². The molecule has 1 atom stereocenters. The second-order valence-corrected chi connectivity index (χ2v) is 9.45. The van der Waals surface area contributed by atoms with Crippen molar-refractivity contribution in [3.05, 3.63) is 65.5 Å². The molecule has 2 aromatic rings. The average molecular weight is 576 g/mol. The summed E-state index contributed by atoms with van der Waals surface area (Å²) in [5, 5.41) is 6.60. The van der Waals surface area contributed by atoms with E-state index in [9.17, 15) is 12.8 Å². The van der Waals surface area contributed by atoms with E-state index >= 15 is 0 Å². The third-order valence-corrected chi connectivity index (χ3v) is 6.37. The van der Waals surface area contributed by atoms with Crippen LogP contribution in [-0.4, -0.2) is 65.4 Å². The summed E-state index contributed by atoms with van der Waals surface area (Å²) < 4.78 is 42.1. The van der Waals surface area contributed by atoms with Gasteiger partial charge in [-0.2, -0.15) is 0 Å². The Bertz CT molecular complexity index is 979. The molecule has 1 heterocycles. The molecule has 32 heavy (non-hydrogen) atoms. The van der Waals surface area contributed by atoms with Crippen molar-refractivity contribution in [2.75, 3.05) is 46.2 Å². The molecule has 3 rings (SSSR count). The first-order valence-electron chi connectivity index (χ1n) is 10.2. The van der Waals surface area contributed by atoms with Gasteiger partial charge in [-0.1, -0.05) is 24.3 Å². The fourth-order valence-electron chi connectivity index (χ4n) is 3.49. The number of ether oxygens (including phenoxy) is 1. The number of guanidine groups is 1. The van der Waals surface area contributed by atoms with Crippen molar-refractivity contribution in [2.45, 2.75) is 17.5 Å². The van der Waals surface area contributed by atoms with Crippen LogP contribution in [0.15, 0.2) is 58.4 Å². The molecular weight excluding hydrogens is 546 g/mol. The van der Waals surface area contributed by atoms with Crippen LogP contribution in [0.25, 0.3) is 0 Å². The minimum Gasteiger partial charge on any atom is -0.379 e. The van der Waals surface area contributed by atoms with Crippen LogP contribution in [0.1, 0.15) is 17.2 Å². The smallest absolute Gasteiger partial charge is 0.191 e. The molecule has 10 heteroatoms. The first-order chi connectivity index (χ1) is 14.9. The van der Waals surface area contributed by atoms with Gasteiger partial charge in [-0.3, -0.25) is 9.89 Å². The predicted molar refractivity (Wildman–Crippen MR) is 135 cm³/mol. The molecule has 0 bridgehead atoms. The van der Waals surface area contributed by atoms with Crippen LogP contribution in [0.2, 0.25) is 0 Å². The van der Waals surface area contributed by atoms with Gasteiger partial charge in [0.2, 0.25) is 0 Å². The summed E-state index contributed by atoms with van der Waals surface area (Å²) in [6.07, 6.45) is 1.19. The molecule has 2 aromatic carbocycles. The zero-order valence-electron chi connectivity index (χ0n) is 18.3. The van der Waals surface area contributed by atoms with E-state index in [0.29, 0.717) is 37.2 Å². The van der Waals surface area contributed by atoms with Gasteiger partial charge >= 0.3 is 0 Å². The third-order valence-electron chi connectivity index (χ3n) is 5.24. The average Bonchev–Trinajstić information content (AvgIpc) is 2.77. The van der Waals surface area contributed by atoms with E-state index < -0.39 is 9.84 Å². The van der Waals surface area contributed by atoms with Gasteiger partial charge in [-0.05, 0) is 35.4 Å². The highest BCUT2D eigenvalue weighted by Gasteiger charge is 2.23. The summed E-state index contributed by atoms with van der Waals surface area (Å²) in [6.45, 7) is 4.06. The first kappa shape index (κ1) is 26.5. The maximum absolute atomic E-state index is 13.4. The van der Waals surface area contributed by atoms with Crippen molar-refractivity contribution >= 4 is 39.8 Å². The Hall–Kier alpha value is -1.76. The summed E-state index contributed by atoms with van der Waals surface area (Å²) in [4.78, 5) is 6.90. The highest BCUT2D eigenvalue weighted by atomic mass is 127. The van der Waals surface area contributed by atoms with E-state index in [1.165, 1.54) is 18.4 Å². The van der Waals surface area contributed by atoms with Crippen molar-refractivity contribution in [3.63, 3.8) is 0 Å². The Morgan fingerprint density at radius 1 is 1.09 bits per heavy atom. The molecule has 1 saturated heterocycles. The van der Waals surface area contributed by atoms with Gasteiger partial charge in [-0.15, -0.1) is 24.0 Å². The number of nitrogens with zero attached hydrogens (tertiary/aromatic N) is 2. The summed E-state index contributed by atoms with van der Waals surface area (Å²) in [5.41, 5.74) is 1.97. The lowest BCUT2D eigenvalue weighted by molar-refractivity contribution is 0.0170. The van der Waals surface area contributed by atoms with E-state index in [1.54, 1.807) is 31.3 Å². The Kier molecular flexibility index (Phi) is 10.3. The topological polar surface area (TPSA) is 83.0 Å². The van der Waals surface area contributed by atoms with Crippen molar-refractivity contribution in [1.29, 1.82) is 0 Å². The lowest BCUT2D eigenvalue weighted by Crippen LogP contribution is -2.46. The van der Waals surface area contributed by atoms with E-state index in [2.05, 4.69) is 20.5 Å². The minimum atomic E-state index is -3.21. The number of nitrogens with one attached hydrogen (secondary N) is 2. The minimum absolute atomic E-state index is 0. The van der Waals surface area contributed by atoms with Crippen LogP contribution in [0.4, 0.5) is 4.39 Å². The van der Waals surface area contributed by atoms with Gasteiger partial charge < -0.3 is 15.4 Å². The molecule has 0 aromatic heterocycles. The normalized spacial score (nSPS) is 16.2. The second-order valence-electron chi connectivity index (χ2n) is 7.44. The second kappa shape index (κ2) is 12.5. The molecule has 0 radical (unpaired) electrons. The molecule has 7 nitrogen and oxygen atoms in total. The number of morpholine rings is 1. The van der Waals surface area contributed by atoms with Gasteiger partial charge in [0.05, 0.1) is 24.2 Å². The lowest BCUT2D eigenvalue weighted by atomic mass is 10.0. The van der Waals surface area contributed by atoms with Gasteiger partial charge in [0, 0.05) is 39.5 Å². The standard InChI is InChI=1S/C22H29FN4O3S.HI/c1-24-22(25-15-17-3-9-20(10-4-17)31(2,28)29)26-16-21(27-11-13-30-14-12-27)18-5-7-19(23)8-6-18;/h3-10,21H,11-16H2,1-2H3,(H2,24,25,26);1H. The lowest BCUT2D eigenvalue weighted by Gasteiger charge is -2.35. The van der Waals surface area contributed by atoms with Gasteiger partial charge in [0.15, 0.2) is 15.8 Å². The number of aliphatic imine (C=N–C) groups is 1. The fraction of sp³-hybridized carbons (Fsp3) is 0.409.